The number of allylic oxidation sites excluding steroid dienone is 1. The molecule has 0 saturated heterocycles. The topological polar surface area (TPSA) is 9.23 Å². The summed E-state index contributed by atoms with van der Waals surface area (Å²) >= 11 is 0. The van der Waals surface area contributed by atoms with Crippen molar-refractivity contribution >= 4 is 0 Å². The van der Waals surface area contributed by atoms with Crippen LogP contribution in [-0.4, -0.2) is 6.11 Å². The van der Waals surface area contributed by atoms with Crippen molar-refractivity contribution in [2.75, 3.05) is 0 Å². The van der Waals surface area contributed by atoms with Crippen LogP contribution in [0, 0.1) is 35.2 Å². The fraction of sp³-hybridized carbons (Fsp3) is 0.636. The zero-order chi connectivity index (χ0) is 21.2. The first kappa shape index (κ1) is 22.0. The highest BCUT2D eigenvalue weighted by molar-refractivity contribution is 5.29. The average Bonchev–Trinajstić information content (AvgIpc) is 2.69. The molecule has 2 aliphatic rings. The van der Waals surface area contributed by atoms with Crippen LogP contribution in [-0.2, 0) is 0 Å². The van der Waals surface area contributed by atoms with Crippen LogP contribution in [0.2, 0.25) is 0 Å². The lowest BCUT2D eigenvalue weighted by Crippen LogP contribution is -2.33. The van der Waals surface area contributed by atoms with Crippen LogP contribution in [0.25, 0.3) is 0 Å². The predicted molar refractivity (Wildman–Crippen MR) is 97.7 cm³/mol. The Labute approximate surface area is 167 Å². The zero-order valence-electron chi connectivity index (χ0n) is 16.4. The van der Waals surface area contributed by atoms with Gasteiger partial charge in [-0.1, -0.05) is 32.6 Å². The molecule has 0 radical (unpaired) electrons. The molecule has 1 fully saturated rings. The minimum atomic E-state index is -4.13. The highest BCUT2D eigenvalue weighted by Crippen LogP contribution is 2.47. The van der Waals surface area contributed by atoms with Gasteiger partial charge in [-0.3, -0.25) is 0 Å². The van der Waals surface area contributed by atoms with Crippen molar-refractivity contribution < 1.29 is 31.1 Å². The van der Waals surface area contributed by atoms with Gasteiger partial charge in [0.15, 0.2) is 17.4 Å². The molecule has 1 saturated carbocycles. The third-order valence-electron chi connectivity index (χ3n) is 6.30. The first-order valence-electron chi connectivity index (χ1n) is 10.3. The molecule has 1 aromatic carbocycles. The summed E-state index contributed by atoms with van der Waals surface area (Å²) in [7, 11) is 0. The van der Waals surface area contributed by atoms with Crippen molar-refractivity contribution in [1.82, 2.24) is 0 Å². The Morgan fingerprint density at radius 2 is 1.66 bits per heavy atom. The molecule has 29 heavy (non-hydrogen) atoms. The Kier molecular flexibility index (Phi) is 6.84. The summed E-state index contributed by atoms with van der Waals surface area (Å²) < 4.78 is 88.8. The fourth-order valence-corrected chi connectivity index (χ4v) is 4.77. The van der Waals surface area contributed by atoms with Gasteiger partial charge in [0, 0.05) is 5.92 Å². The fourth-order valence-electron chi connectivity index (χ4n) is 4.77. The molecule has 0 aromatic heterocycles. The maximum absolute atomic E-state index is 15.1. The van der Waals surface area contributed by atoms with Crippen molar-refractivity contribution in [1.29, 1.82) is 0 Å². The summed E-state index contributed by atoms with van der Waals surface area (Å²) in [6, 6.07) is 1.07. The van der Waals surface area contributed by atoms with E-state index in [9.17, 15) is 22.0 Å². The monoisotopic (exact) mass is 420 g/mol. The Balaban J connectivity index is 1.77. The molecule has 162 valence electrons. The third-order valence-corrected chi connectivity index (χ3v) is 6.30. The summed E-state index contributed by atoms with van der Waals surface area (Å²) in [5, 5.41) is 0. The van der Waals surface area contributed by atoms with Crippen LogP contribution in [0.5, 0.6) is 5.75 Å². The SMILES string of the molecule is CCCC1CCC(C2CCCC(C(F)(F)Oc3ccc(F)c(F)c3F)=C2F)CC1. The maximum atomic E-state index is 15.1. The van der Waals surface area contributed by atoms with E-state index in [1.807, 2.05) is 0 Å². The van der Waals surface area contributed by atoms with Gasteiger partial charge in [-0.2, -0.15) is 13.2 Å². The molecule has 0 aliphatic heterocycles. The molecule has 0 heterocycles. The quantitative estimate of drug-likeness (QED) is 0.338. The minimum absolute atomic E-state index is 0.00853. The van der Waals surface area contributed by atoms with E-state index in [2.05, 4.69) is 11.7 Å². The van der Waals surface area contributed by atoms with Crippen LogP contribution in [0.1, 0.15) is 64.7 Å². The number of rotatable bonds is 6. The summed E-state index contributed by atoms with van der Waals surface area (Å²) in [6.45, 7) is 2.12. The molecule has 1 atom stereocenters. The van der Waals surface area contributed by atoms with E-state index in [4.69, 9.17) is 0 Å². The molecule has 1 unspecified atom stereocenters. The summed E-state index contributed by atoms with van der Waals surface area (Å²) in [6.07, 6.45) is 2.32. The van der Waals surface area contributed by atoms with Gasteiger partial charge in [0.2, 0.25) is 5.82 Å². The van der Waals surface area contributed by atoms with Crippen LogP contribution in [0.15, 0.2) is 23.5 Å². The van der Waals surface area contributed by atoms with Crippen molar-refractivity contribution in [3.05, 3.63) is 41.0 Å². The molecule has 1 aromatic rings. The smallest absolute Gasteiger partial charge is 0.425 e. The largest absolute Gasteiger partial charge is 0.426 e. The Hall–Kier alpha value is -1.66. The maximum Gasteiger partial charge on any atom is 0.425 e. The Bertz CT molecular complexity index is 752. The molecule has 1 nitrogen and oxygen atoms in total. The van der Waals surface area contributed by atoms with E-state index in [0.717, 1.165) is 38.5 Å². The van der Waals surface area contributed by atoms with Crippen molar-refractivity contribution in [3.63, 3.8) is 0 Å². The van der Waals surface area contributed by atoms with E-state index in [0.29, 0.717) is 30.9 Å². The number of hydrogen-bond donors (Lipinski definition) is 0. The van der Waals surface area contributed by atoms with Gasteiger partial charge < -0.3 is 4.74 Å². The number of benzene rings is 1. The lowest BCUT2D eigenvalue weighted by atomic mass is 9.71. The number of alkyl halides is 2. The second kappa shape index (κ2) is 9.00. The average molecular weight is 420 g/mol. The molecule has 0 amide bonds. The lowest BCUT2D eigenvalue weighted by Gasteiger charge is -2.36. The van der Waals surface area contributed by atoms with E-state index < -0.39 is 46.6 Å². The van der Waals surface area contributed by atoms with Crippen molar-refractivity contribution in [3.8, 4) is 5.75 Å². The normalized spacial score (nSPS) is 26.0. The highest BCUT2D eigenvalue weighted by atomic mass is 19.3. The van der Waals surface area contributed by atoms with Gasteiger partial charge in [0.05, 0.1) is 5.57 Å². The number of hydrogen-bond acceptors (Lipinski definition) is 1. The van der Waals surface area contributed by atoms with Gasteiger partial charge in [-0.05, 0) is 56.1 Å². The standard InChI is InChI=1S/C22H26F6O/c1-2-4-13-7-9-14(10-8-13)15-5-3-6-16(19(15)24)22(27,28)29-18-12-11-17(23)20(25)21(18)26/h11-15H,2-10H2,1H3. The molecule has 0 bridgehead atoms. The van der Waals surface area contributed by atoms with E-state index >= 15 is 4.39 Å². The molecule has 0 spiro atoms. The van der Waals surface area contributed by atoms with E-state index in [-0.39, 0.29) is 12.3 Å². The predicted octanol–water partition coefficient (Wildman–Crippen LogP) is 7.71. The number of halogens is 6. The van der Waals surface area contributed by atoms with E-state index in [1.165, 1.54) is 0 Å². The van der Waals surface area contributed by atoms with Crippen LogP contribution >= 0.6 is 0 Å². The first-order chi connectivity index (χ1) is 13.7. The van der Waals surface area contributed by atoms with Gasteiger partial charge in [0.1, 0.15) is 5.83 Å². The van der Waals surface area contributed by atoms with Crippen molar-refractivity contribution in [2.45, 2.75) is 70.8 Å². The van der Waals surface area contributed by atoms with Crippen molar-refractivity contribution in [2.24, 2.45) is 17.8 Å². The minimum Gasteiger partial charge on any atom is -0.426 e. The molecule has 0 N–H and O–H groups in total. The molecular formula is C22H26F6O. The molecule has 7 heteroatoms. The third kappa shape index (κ3) is 4.75. The Morgan fingerprint density at radius 3 is 2.31 bits per heavy atom. The van der Waals surface area contributed by atoms with Gasteiger partial charge in [-0.25, -0.2) is 13.2 Å². The van der Waals surface area contributed by atoms with Gasteiger partial charge >= 0.3 is 6.11 Å². The summed E-state index contributed by atoms with van der Waals surface area (Å²) in [4.78, 5) is 0. The van der Waals surface area contributed by atoms with Crippen LogP contribution in [0.4, 0.5) is 26.3 Å². The summed E-state index contributed by atoms with van der Waals surface area (Å²) in [5.74, 6) is -7.27. The zero-order valence-corrected chi connectivity index (χ0v) is 16.4. The molecule has 3 rings (SSSR count). The van der Waals surface area contributed by atoms with Crippen LogP contribution < -0.4 is 4.74 Å². The summed E-state index contributed by atoms with van der Waals surface area (Å²) in [5.41, 5.74) is -0.812. The first-order valence-corrected chi connectivity index (χ1v) is 10.3. The van der Waals surface area contributed by atoms with Gasteiger partial charge in [-0.15, -0.1) is 0 Å². The highest BCUT2D eigenvalue weighted by Gasteiger charge is 2.45. The second-order valence-electron chi connectivity index (χ2n) is 8.19. The van der Waals surface area contributed by atoms with Crippen LogP contribution in [0.3, 0.4) is 0 Å². The van der Waals surface area contributed by atoms with E-state index in [1.54, 1.807) is 0 Å². The lowest BCUT2D eigenvalue weighted by molar-refractivity contribution is -0.149. The molecular weight excluding hydrogens is 394 g/mol. The number of ether oxygens (including phenoxy) is 1. The van der Waals surface area contributed by atoms with Gasteiger partial charge in [0.25, 0.3) is 0 Å². The second-order valence-corrected chi connectivity index (χ2v) is 8.19. The molecule has 2 aliphatic carbocycles. The Morgan fingerprint density at radius 1 is 0.966 bits per heavy atom.